The molecule has 0 saturated heterocycles. The summed E-state index contributed by atoms with van der Waals surface area (Å²) in [5.41, 5.74) is 2.90. The van der Waals surface area contributed by atoms with E-state index in [9.17, 15) is 19.7 Å². The van der Waals surface area contributed by atoms with Crippen molar-refractivity contribution in [3.05, 3.63) is 94.3 Å². The van der Waals surface area contributed by atoms with E-state index < -0.39 is 16.7 Å². The van der Waals surface area contributed by atoms with E-state index in [0.29, 0.717) is 0 Å². The van der Waals surface area contributed by atoms with E-state index in [0.717, 1.165) is 24.2 Å². The fraction of sp³-hybridized carbons (Fsp3) is 0.174. The molecule has 9 nitrogen and oxygen atoms in total. The van der Waals surface area contributed by atoms with Crippen molar-refractivity contribution in [3.8, 4) is 0 Å². The number of nitro groups is 1. The number of carbonyl (C=O) groups is 2. The third kappa shape index (κ3) is 4.41. The number of fused-ring (bicyclic) bond motifs is 1. The van der Waals surface area contributed by atoms with Gasteiger partial charge in [0.25, 0.3) is 5.69 Å². The average Bonchev–Trinajstić information content (AvgIpc) is 3.24. The van der Waals surface area contributed by atoms with Crippen molar-refractivity contribution < 1.29 is 14.5 Å². The zero-order valence-corrected chi connectivity index (χ0v) is 17.1. The number of rotatable bonds is 6. The highest BCUT2D eigenvalue weighted by molar-refractivity contribution is 6.39. The summed E-state index contributed by atoms with van der Waals surface area (Å²) in [6.45, 7) is 0.945. The van der Waals surface area contributed by atoms with Gasteiger partial charge in [-0.05, 0) is 35.7 Å². The molecule has 1 aromatic heterocycles. The predicted octanol–water partition coefficient (Wildman–Crippen LogP) is 2.85. The summed E-state index contributed by atoms with van der Waals surface area (Å²) >= 11 is 0. The van der Waals surface area contributed by atoms with Crippen LogP contribution >= 0.6 is 0 Å². The molecule has 2 N–H and O–H groups in total. The Balaban J connectivity index is 1.49. The number of nitrogens with zero attached hydrogens (tertiary/aromatic N) is 3. The minimum Gasteiger partial charge on any atom is -0.362 e. The number of nitrogens with one attached hydrogen (secondary N) is 2. The number of pyridine rings is 1. The maximum Gasteiger partial charge on any atom is 0.313 e. The Morgan fingerprint density at radius 1 is 1.06 bits per heavy atom. The van der Waals surface area contributed by atoms with Crippen molar-refractivity contribution in [3.63, 3.8) is 0 Å². The molecule has 2 amide bonds. The molecule has 9 heteroatoms. The van der Waals surface area contributed by atoms with Gasteiger partial charge in [0, 0.05) is 37.2 Å². The molecule has 1 aliphatic heterocycles. The summed E-state index contributed by atoms with van der Waals surface area (Å²) in [4.78, 5) is 41.8. The van der Waals surface area contributed by atoms with Gasteiger partial charge in [0.1, 0.15) is 5.69 Å². The molecule has 1 atom stereocenters. The number of aromatic nitrogens is 1. The Kier molecular flexibility index (Phi) is 6.07. The van der Waals surface area contributed by atoms with Crippen molar-refractivity contribution in [2.45, 2.75) is 12.5 Å². The van der Waals surface area contributed by atoms with Gasteiger partial charge in [-0.1, -0.05) is 36.4 Å². The van der Waals surface area contributed by atoms with Gasteiger partial charge >= 0.3 is 11.8 Å². The van der Waals surface area contributed by atoms with Crippen LogP contribution in [0, 0.1) is 10.1 Å². The number of amides is 2. The highest BCUT2D eigenvalue weighted by Crippen LogP contribution is 2.34. The Bertz CT molecular complexity index is 1150. The summed E-state index contributed by atoms with van der Waals surface area (Å²) in [6.07, 6.45) is 4.31. The largest absolute Gasteiger partial charge is 0.362 e. The zero-order chi connectivity index (χ0) is 22.5. The van der Waals surface area contributed by atoms with Gasteiger partial charge in [0.15, 0.2) is 0 Å². The minimum atomic E-state index is -0.967. The summed E-state index contributed by atoms with van der Waals surface area (Å²) in [5.74, 6) is -1.84. The Hall–Kier alpha value is -4.27. The number of hydrogen-bond donors (Lipinski definition) is 2. The number of benzene rings is 2. The predicted molar refractivity (Wildman–Crippen MR) is 119 cm³/mol. The molecule has 0 spiro atoms. The van der Waals surface area contributed by atoms with Crippen LogP contribution in [0.15, 0.2) is 73.1 Å². The lowest BCUT2D eigenvalue weighted by Gasteiger charge is -2.30. The number of nitro benzene ring substituents is 1. The summed E-state index contributed by atoms with van der Waals surface area (Å²) < 4.78 is 0. The lowest BCUT2D eigenvalue weighted by atomic mass is 10.1. The summed E-state index contributed by atoms with van der Waals surface area (Å²) in [5, 5.41) is 16.1. The van der Waals surface area contributed by atoms with E-state index in [2.05, 4.69) is 26.6 Å². The fourth-order valence-electron chi connectivity index (χ4n) is 3.86. The quantitative estimate of drug-likeness (QED) is 0.352. The molecule has 0 saturated carbocycles. The second kappa shape index (κ2) is 9.25. The van der Waals surface area contributed by atoms with Gasteiger partial charge in [0.2, 0.25) is 0 Å². The van der Waals surface area contributed by atoms with Crippen LogP contribution in [0.3, 0.4) is 0 Å². The number of anilines is 2. The molecule has 2 aromatic carbocycles. The van der Waals surface area contributed by atoms with E-state index in [1.165, 1.54) is 23.8 Å². The topological polar surface area (TPSA) is 117 Å². The first-order valence-electron chi connectivity index (χ1n) is 10.1. The van der Waals surface area contributed by atoms with Gasteiger partial charge in [-0.25, -0.2) is 0 Å². The molecule has 162 valence electrons. The lowest BCUT2D eigenvalue weighted by Crippen LogP contribution is -2.41. The zero-order valence-electron chi connectivity index (χ0n) is 17.1. The Labute approximate surface area is 184 Å². The van der Waals surface area contributed by atoms with E-state index in [1.54, 1.807) is 18.5 Å². The molecule has 0 aliphatic carbocycles. The summed E-state index contributed by atoms with van der Waals surface area (Å²) in [6, 6.07) is 17.3. The molecule has 1 aliphatic rings. The normalized spacial score (nSPS) is 13.2. The van der Waals surface area contributed by atoms with E-state index in [1.807, 2.05) is 30.3 Å². The molecular weight excluding hydrogens is 410 g/mol. The smallest absolute Gasteiger partial charge is 0.313 e. The molecule has 3 aromatic rings. The van der Waals surface area contributed by atoms with E-state index in [-0.39, 0.29) is 24.0 Å². The van der Waals surface area contributed by atoms with Crippen LogP contribution in [0.1, 0.15) is 17.2 Å². The second-order valence-corrected chi connectivity index (χ2v) is 7.31. The third-order valence-electron chi connectivity index (χ3n) is 5.38. The van der Waals surface area contributed by atoms with Crippen molar-refractivity contribution in [2.24, 2.45) is 0 Å². The van der Waals surface area contributed by atoms with Crippen LogP contribution in [0.2, 0.25) is 0 Å². The van der Waals surface area contributed by atoms with Gasteiger partial charge in [-0.2, -0.15) is 0 Å². The van der Waals surface area contributed by atoms with E-state index in [4.69, 9.17) is 0 Å². The van der Waals surface area contributed by atoms with Gasteiger partial charge in [0.05, 0.1) is 11.0 Å². The van der Waals surface area contributed by atoms with Crippen LogP contribution in [-0.2, 0) is 16.0 Å². The monoisotopic (exact) mass is 431 g/mol. The van der Waals surface area contributed by atoms with Crippen molar-refractivity contribution in [1.82, 2.24) is 10.3 Å². The molecule has 0 radical (unpaired) electrons. The maximum absolute atomic E-state index is 12.5. The van der Waals surface area contributed by atoms with E-state index >= 15 is 0 Å². The van der Waals surface area contributed by atoms with Crippen molar-refractivity contribution >= 4 is 28.9 Å². The highest BCUT2D eigenvalue weighted by atomic mass is 16.6. The first-order chi connectivity index (χ1) is 15.5. The summed E-state index contributed by atoms with van der Waals surface area (Å²) in [7, 11) is 0. The molecule has 0 bridgehead atoms. The maximum atomic E-state index is 12.5. The fourth-order valence-corrected chi connectivity index (χ4v) is 3.86. The number of para-hydroxylation sites is 3. The molecule has 0 fully saturated rings. The SMILES string of the molecule is O=C(NC[C@H](c1cccnc1)N1CCc2ccccc21)C(=O)Nc1ccccc1[N+](=O)[O-]. The molecular formula is C23H21N5O4. The van der Waals surface area contributed by atoms with Crippen LogP contribution < -0.4 is 15.5 Å². The Morgan fingerprint density at radius 2 is 1.84 bits per heavy atom. The average molecular weight is 431 g/mol. The molecule has 32 heavy (non-hydrogen) atoms. The number of carbonyl (C=O) groups excluding carboxylic acids is 2. The highest BCUT2D eigenvalue weighted by Gasteiger charge is 2.28. The number of hydrogen-bond acceptors (Lipinski definition) is 6. The minimum absolute atomic E-state index is 0.0325. The molecule has 4 rings (SSSR count). The second-order valence-electron chi connectivity index (χ2n) is 7.31. The van der Waals surface area contributed by atoms with Crippen LogP contribution in [0.5, 0.6) is 0 Å². The third-order valence-corrected chi connectivity index (χ3v) is 5.38. The first-order valence-corrected chi connectivity index (χ1v) is 10.1. The van der Waals surface area contributed by atoms with Crippen LogP contribution in [0.25, 0.3) is 0 Å². The van der Waals surface area contributed by atoms with Crippen molar-refractivity contribution in [1.29, 1.82) is 0 Å². The standard InChI is InChI=1S/C23H21N5O4/c29-22(23(30)26-18-8-2-4-10-20(18)28(31)32)25-15-21(17-7-5-12-24-14-17)27-13-11-16-6-1-3-9-19(16)27/h1-10,12,14,21H,11,13,15H2,(H,25,29)(H,26,30)/t21-/m1/s1. The van der Waals surface area contributed by atoms with Crippen LogP contribution in [0.4, 0.5) is 17.1 Å². The Morgan fingerprint density at radius 3 is 2.62 bits per heavy atom. The van der Waals surface area contributed by atoms with Gasteiger partial charge < -0.3 is 15.5 Å². The van der Waals surface area contributed by atoms with Crippen LogP contribution in [-0.4, -0.2) is 34.8 Å². The van der Waals surface area contributed by atoms with Gasteiger partial charge in [-0.3, -0.25) is 24.7 Å². The first kappa shape index (κ1) is 21.0. The molecule has 0 unspecified atom stereocenters. The molecule has 2 heterocycles. The lowest BCUT2D eigenvalue weighted by molar-refractivity contribution is -0.383. The van der Waals surface area contributed by atoms with Gasteiger partial charge in [-0.15, -0.1) is 0 Å². The van der Waals surface area contributed by atoms with Crippen molar-refractivity contribution in [2.75, 3.05) is 23.3 Å².